The van der Waals surface area contributed by atoms with Crippen molar-refractivity contribution in [3.05, 3.63) is 0 Å². The molecule has 0 fully saturated rings. The Morgan fingerprint density at radius 1 is 0.889 bits per heavy atom. The van der Waals surface area contributed by atoms with Gasteiger partial charge in [-0.2, -0.15) is 0 Å². The van der Waals surface area contributed by atoms with Gasteiger partial charge in [-0.05, 0) is 38.0 Å². The summed E-state index contributed by atoms with van der Waals surface area (Å²) in [4.78, 5) is 11.4. The van der Waals surface area contributed by atoms with Crippen LogP contribution in [-0.4, -0.2) is 25.3 Å². The van der Waals surface area contributed by atoms with E-state index in [0.717, 1.165) is 25.9 Å². The average Bonchev–Trinajstić information content (AvgIpc) is 2.25. The Labute approximate surface area is 112 Å². The van der Waals surface area contributed by atoms with Gasteiger partial charge in [-0.25, -0.2) is 0 Å². The van der Waals surface area contributed by atoms with Crippen LogP contribution in [0.25, 0.3) is 0 Å². The normalized spacial score (nSPS) is 13.1. The summed E-state index contributed by atoms with van der Waals surface area (Å²) in [5.74, 6) is 1.14. The van der Waals surface area contributed by atoms with Gasteiger partial charge in [0.25, 0.3) is 0 Å². The van der Waals surface area contributed by atoms with Gasteiger partial charge in [0, 0.05) is 13.0 Å². The van der Waals surface area contributed by atoms with Gasteiger partial charge >= 0.3 is 5.97 Å². The van der Waals surface area contributed by atoms with Crippen molar-refractivity contribution in [3.8, 4) is 0 Å². The standard InChI is InChI=1S/C15H30O3/c1-12(2)8-10-17-14(5)6-7-15(16)18-11-9-13(3)4/h12-14H,6-11H2,1-5H3. The summed E-state index contributed by atoms with van der Waals surface area (Å²) >= 11 is 0. The van der Waals surface area contributed by atoms with Crippen LogP contribution in [0.15, 0.2) is 0 Å². The number of hydrogen-bond donors (Lipinski definition) is 0. The molecule has 1 unspecified atom stereocenters. The fraction of sp³-hybridized carbons (Fsp3) is 0.933. The van der Waals surface area contributed by atoms with E-state index in [4.69, 9.17) is 9.47 Å². The van der Waals surface area contributed by atoms with E-state index in [1.807, 2.05) is 6.92 Å². The van der Waals surface area contributed by atoms with Crippen LogP contribution >= 0.6 is 0 Å². The summed E-state index contributed by atoms with van der Waals surface area (Å²) in [6, 6.07) is 0. The molecule has 0 N–H and O–H groups in total. The summed E-state index contributed by atoms with van der Waals surface area (Å²) in [5.41, 5.74) is 0. The first-order chi connectivity index (χ1) is 8.41. The molecule has 0 aromatic rings. The second-order valence-electron chi connectivity index (χ2n) is 5.81. The zero-order valence-corrected chi connectivity index (χ0v) is 12.7. The van der Waals surface area contributed by atoms with Crippen LogP contribution < -0.4 is 0 Å². The summed E-state index contributed by atoms with van der Waals surface area (Å²) < 4.78 is 10.8. The van der Waals surface area contributed by atoms with E-state index in [0.29, 0.717) is 24.9 Å². The summed E-state index contributed by atoms with van der Waals surface area (Å²) in [5, 5.41) is 0. The van der Waals surface area contributed by atoms with Gasteiger partial charge in [0.1, 0.15) is 0 Å². The molecule has 0 aromatic carbocycles. The lowest BCUT2D eigenvalue weighted by Crippen LogP contribution is -2.14. The van der Waals surface area contributed by atoms with Crippen molar-refractivity contribution in [2.24, 2.45) is 11.8 Å². The molecule has 0 spiro atoms. The molecule has 3 nitrogen and oxygen atoms in total. The zero-order chi connectivity index (χ0) is 14.0. The smallest absolute Gasteiger partial charge is 0.305 e. The third kappa shape index (κ3) is 11.9. The first kappa shape index (κ1) is 17.4. The molecule has 0 aliphatic carbocycles. The van der Waals surface area contributed by atoms with Gasteiger partial charge in [0.15, 0.2) is 0 Å². The highest BCUT2D eigenvalue weighted by molar-refractivity contribution is 5.69. The van der Waals surface area contributed by atoms with Crippen LogP contribution in [0.2, 0.25) is 0 Å². The van der Waals surface area contributed by atoms with Crippen molar-refractivity contribution >= 4 is 5.97 Å². The maximum Gasteiger partial charge on any atom is 0.305 e. The topological polar surface area (TPSA) is 35.5 Å². The molecule has 0 saturated heterocycles. The molecule has 0 radical (unpaired) electrons. The molecule has 1 atom stereocenters. The second-order valence-corrected chi connectivity index (χ2v) is 5.81. The lowest BCUT2D eigenvalue weighted by atomic mass is 10.1. The molecule has 0 aromatic heterocycles. The monoisotopic (exact) mass is 258 g/mol. The van der Waals surface area contributed by atoms with Gasteiger partial charge in [-0.15, -0.1) is 0 Å². The van der Waals surface area contributed by atoms with E-state index in [1.165, 1.54) is 0 Å². The van der Waals surface area contributed by atoms with Crippen molar-refractivity contribution < 1.29 is 14.3 Å². The Balaban J connectivity index is 3.47. The van der Waals surface area contributed by atoms with Crippen molar-refractivity contribution in [1.82, 2.24) is 0 Å². The van der Waals surface area contributed by atoms with Crippen molar-refractivity contribution in [1.29, 1.82) is 0 Å². The minimum Gasteiger partial charge on any atom is -0.466 e. The Kier molecular flexibility index (Phi) is 10.0. The SMILES string of the molecule is CC(C)CCOC(=O)CCC(C)OCCC(C)C. The molecule has 0 bridgehead atoms. The first-order valence-corrected chi connectivity index (χ1v) is 7.19. The zero-order valence-electron chi connectivity index (χ0n) is 12.7. The van der Waals surface area contributed by atoms with E-state index < -0.39 is 0 Å². The number of esters is 1. The highest BCUT2D eigenvalue weighted by Gasteiger charge is 2.08. The Morgan fingerprint density at radius 3 is 2.00 bits per heavy atom. The number of carbonyl (C=O) groups is 1. The molecule has 3 heteroatoms. The molecule has 0 amide bonds. The summed E-state index contributed by atoms with van der Waals surface area (Å²) in [6.45, 7) is 11.9. The van der Waals surface area contributed by atoms with Crippen LogP contribution in [0.3, 0.4) is 0 Å². The molecule has 0 heterocycles. The third-order valence-electron chi connectivity index (χ3n) is 2.81. The van der Waals surface area contributed by atoms with Gasteiger partial charge in [0.05, 0.1) is 12.7 Å². The van der Waals surface area contributed by atoms with Crippen LogP contribution in [0.1, 0.15) is 60.3 Å². The number of ether oxygens (including phenoxy) is 2. The highest BCUT2D eigenvalue weighted by atomic mass is 16.5. The van der Waals surface area contributed by atoms with Crippen LogP contribution in [0, 0.1) is 11.8 Å². The quantitative estimate of drug-likeness (QED) is 0.559. The number of carbonyl (C=O) groups excluding carboxylic acids is 1. The molecular formula is C15H30O3. The van der Waals surface area contributed by atoms with E-state index in [1.54, 1.807) is 0 Å². The van der Waals surface area contributed by atoms with Crippen molar-refractivity contribution in [3.63, 3.8) is 0 Å². The van der Waals surface area contributed by atoms with Crippen LogP contribution in [-0.2, 0) is 14.3 Å². The van der Waals surface area contributed by atoms with E-state index >= 15 is 0 Å². The molecule has 108 valence electrons. The van der Waals surface area contributed by atoms with Gasteiger partial charge < -0.3 is 9.47 Å². The second kappa shape index (κ2) is 10.4. The van der Waals surface area contributed by atoms with Crippen LogP contribution in [0.5, 0.6) is 0 Å². The lowest BCUT2D eigenvalue weighted by Gasteiger charge is -2.13. The minimum absolute atomic E-state index is 0.102. The van der Waals surface area contributed by atoms with Crippen LogP contribution in [0.4, 0.5) is 0 Å². The first-order valence-electron chi connectivity index (χ1n) is 7.19. The molecular weight excluding hydrogens is 228 g/mol. The van der Waals surface area contributed by atoms with Gasteiger partial charge in [-0.1, -0.05) is 27.7 Å². The summed E-state index contributed by atoms with van der Waals surface area (Å²) in [7, 11) is 0. The van der Waals surface area contributed by atoms with Crippen molar-refractivity contribution in [2.45, 2.75) is 66.4 Å². The van der Waals surface area contributed by atoms with Crippen molar-refractivity contribution in [2.75, 3.05) is 13.2 Å². The third-order valence-corrected chi connectivity index (χ3v) is 2.81. The maximum atomic E-state index is 11.4. The molecule has 18 heavy (non-hydrogen) atoms. The predicted octanol–water partition coefficient (Wildman–Crippen LogP) is 3.81. The number of hydrogen-bond acceptors (Lipinski definition) is 3. The Hall–Kier alpha value is -0.570. The lowest BCUT2D eigenvalue weighted by molar-refractivity contribution is -0.144. The largest absolute Gasteiger partial charge is 0.466 e. The average molecular weight is 258 g/mol. The van der Waals surface area contributed by atoms with E-state index in [9.17, 15) is 4.79 Å². The Morgan fingerprint density at radius 2 is 1.44 bits per heavy atom. The Bertz CT molecular complexity index is 212. The highest BCUT2D eigenvalue weighted by Crippen LogP contribution is 2.07. The van der Waals surface area contributed by atoms with E-state index in [-0.39, 0.29) is 12.1 Å². The van der Waals surface area contributed by atoms with Gasteiger partial charge in [0.2, 0.25) is 0 Å². The van der Waals surface area contributed by atoms with E-state index in [2.05, 4.69) is 27.7 Å². The predicted molar refractivity (Wildman–Crippen MR) is 74.5 cm³/mol. The molecule has 0 aliphatic rings. The maximum absolute atomic E-state index is 11.4. The number of rotatable bonds is 10. The molecule has 0 saturated carbocycles. The fourth-order valence-electron chi connectivity index (χ4n) is 1.39. The van der Waals surface area contributed by atoms with Gasteiger partial charge in [-0.3, -0.25) is 4.79 Å². The summed E-state index contributed by atoms with van der Waals surface area (Å²) in [6.07, 6.45) is 3.36. The minimum atomic E-state index is -0.102. The fourth-order valence-corrected chi connectivity index (χ4v) is 1.39. The molecule has 0 aliphatic heterocycles. The molecule has 0 rings (SSSR count).